The lowest BCUT2D eigenvalue weighted by Crippen LogP contribution is -2.53. The predicted octanol–water partition coefficient (Wildman–Crippen LogP) is 2.91. The number of carbonyl (C=O) groups excluding carboxylic acids is 2. The van der Waals surface area contributed by atoms with Crippen molar-refractivity contribution < 1.29 is 18.0 Å². The van der Waals surface area contributed by atoms with Crippen molar-refractivity contribution in [2.24, 2.45) is 5.92 Å². The summed E-state index contributed by atoms with van der Waals surface area (Å²) in [6.45, 7) is 4.94. The third-order valence-corrected chi connectivity index (χ3v) is 8.43. The molecular formula is C26H33N3O4S. The van der Waals surface area contributed by atoms with E-state index < -0.39 is 16.1 Å². The van der Waals surface area contributed by atoms with Gasteiger partial charge in [0.05, 0.1) is 4.90 Å². The molecule has 0 saturated carbocycles. The maximum absolute atomic E-state index is 13.4. The summed E-state index contributed by atoms with van der Waals surface area (Å²) in [5, 5.41) is 2.89. The number of hydrogen-bond acceptors (Lipinski definition) is 4. The van der Waals surface area contributed by atoms with E-state index in [2.05, 4.69) is 5.32 Å². The number of benzene rings is 2. The van der Waals surface area contributed by atoms with E-state index >= 15 is 0 Å². The van der Waals surface area contributed by atoms with E-state index in [4.69, 9.17) is 0 Å². The van der Waals surface area contributed by atoms with E-state index in [1.165, 1.54) is 9.87 Å². The van der Waals surface area contributed by atoms with Crippen LogP contribution in [0.3, 0.4) is 0 Å². The molecule has 1 atom stereocenters. The lowest BCUT2D eigenvalue weighted by Gasteiger charge is -2.36. The minimum atomic E-state index is -3.61. The highest BCUT2D eigenvalue weighted by atomic mass is 32.2. The molecule has 0 bridgehead atoms. The molecule has 1 fully saturated rings. The average molecular weight is 484 g/mol. The first-order valence-electron chi connectivity index (χ1n) is 12.0. The van der Waals surface area contributed by atoms with Gasteiger partial charge in [-0.25, -0.2) is 8.42 Å². The SMILES string of the molecule is CC(C)CC(=O)NC(C(=O)N1CCN(S(=O)(=O)c2ccc3c(c2)CCC3)CC1)c1ccccc1. The van der Waals surface area contributed by atoms with Crippen molar-refractivity contribution in [1.82, 2.24) is 14.5 Å². The van der Waals surface area contributed by atoms with Crippen LogP contribution in [-0.2, 0) is 32.5 Å². The summed E-state index contributed by atoms with van der Waals surface area (Å²) >= 11 is 0. The molecular weight excluding hydrogens is 450 g/mol. The minimum Gasteiger partial charge on any atom is -0.341 e. The highest BCUT2D eigenvalue weighted by Crippen LogP contribution is 2.27. The number of amides is 2. The Morgan fingerprint density at radius 1 is 0.941 bits per heavy atom. The molecule has 0 aromatic heterocycles. The number of carbonyl (C=O) groups is 2. The summed E-state index contributed by atoms with van der Waals surface area (Å²) in [6, 6.07) is 13.9. The molecule has 8 heteroatoms. The van der Waals surface area contributed by atoms with Gasteiger partial charge in [0, 0.05) is 32.6 Å². The van der Waals surface area contributed by atoms with Crippen LogP contribution in [-0.4, -0.2) is 55.6 Å². The second-order valence-corrected chi connectivity index (χ2v) is 11.5. The van der Waals surface area contributed by atoms with Crippen LogP contribution in [0.2, 0.25) is 0 Å². The molecule has 1 unspecified atom stereocenters. The number of aryl methyl sites for hydroxylation is 2. The Bertz CT molecular complexity index is 1140. The summed E-state index contributed by atoms with van der Waals surface area (Å²) in [6.07, 6.45) is 3.33. The monoisotopic (exact) mass is 483 g/mol. The Hall–Kier alpha value is -2.71. The Kier molecular flexibility index (Phi) is 7.38. The highest BCUT2D eigenvalue weighted by Gasteiger charge is 2.34. The van der Waals surface area contributed by atoms with Crippen LogP contribution in [0.15, 0.2) is 53.4 Å². The number of piperazine rings is 1. The van der Waals surface area contributed by atoms with Gasteiger partial charge in [-0.1, -0.05) is 50.2 Å². The topological polar surface area (TPSA) is 86.8 Å². The first-order valence-corrected chi connectivity index (χ1v) is 13.4. The minimum absolute atomic E-state index is 0.171. The summed E-state index contributed by atoms with van der Waals surface area (Å²) in [5.74, 6) is -0.201. The highest BCUT2D eigenvalue weighted by molar-refractivity contribution is 7.89. The largest absolute Gasteiger partial charge is 0.341 e. The summed E-state index contributed by atoms with van der Waals surface area (Å²) in [4.78, 5) is 27.9. The van der Waals surface area contributed by atoms with Crippen molar-refractivity contribution in [3.8, 4) is 0 Å². The van der Waals surface area contributed by atoms with Crippen LogP contribution < -0.4 is 5.32 Å². The van der Waals surface area contributed by atoms with E-state index in [0.29, 0.717) is 11.3 Å². The van der Waals surface area contributed by atoms with Crippen LogP contribution in [0.5, 0.6) is 0 Å². The van der Waals surface area contributed by atoms with Crippen molar-refractivity contribution in [1.29, 1.82) is 0 Å². The zero-order valence-corrected chi connectivity index (χ0v) is 20.7. The first kappa shape index (κ1) is 24.4. The van der Waals surface area contributed by atoms with E-state index in [9.17, 15) is 18.0 Å². The van der Waals surface area contributed by atoms with Crippen molar-refractivity contribution >= 4 is 21.8 Å². The third kappa shape index (κ3) is 5.33. The van der Waals surface area contributed by atoms with Crippen molar-refractivity contribution in [2.45, 2.75) is 50.5 Å². The Morgan fingerprint density at radius 3 is 2.29 bits per heavy atom. The Labute approximate surface area is 202 Å². The fourth-order valence-electron chi connectivity index (χ4n) is 4.71. The number of fused-ring (bicyclic) bond motifs is 1. The molecule has 2 amide bonds. The fourth-order valence-corrected chi connectivity index (χ4v) is 6.19. The lowest BCUT2D eigenvalue weighted by molar-refractivity contribution is -0.137. The molecule has 2 aromatic carbocycles. The molecule has 2 aliphatic rings. The fraction of sp³-hybridized carbons (Fsp3) is 0.462. The molecule has 0 spiro atoms. The van der Waals surface area contributed by atoms with E-state index in [1.807, 2.05) is 56.3 Å². The number of nitrogens with zero attached hydrogens (tertiary/aromatic N) is 2. The van der Waals surface area contributed by atoms with Gasteiger partial charge in [-0.2, -0.15) is 4.31 Å². The average Bonchev–Trinajstić information content (AvgIpc) is 3.30. The second kappa shape index (κ2) is 10.3. The molecule has 182 valence electrons. The van der Waals surface area contributed by atoms with Crippen LogP contribution >= 0.6 is 0 Å². The zero-order valence-electron chi connectivity index (χ0n) is 19.9. The Balaban J connectivity index is 1.45. The van der Waals surface area contributed by atoms with Gasteiger partial charge in [0.15, 0.2) is 0 Å². The molecule has 4 rings (SSSR count). The molecule has 0 radical (unpaired) electrons. The normalized spacial score (nSPS) is 17.4. The van der Waals surface area contributed by atoms with Crippen molar-refractivity contribution in [2.75, 3.05) is 26.2 Å². The summed E-state index contributed by atoms with van der Waals surface area (Å²) in [5.41, 5.74) is 3.08. The van der Waals surface area contributed by atoms with Gasteiger partial charge in [0.25, 0.3) is 0 Å². The standard InChI is InChI=1S/C26H33N3O4S/c1-19(2)17-24(30)27-25(21-7-4-3-5-8-21)26(31)28-13-15-29(16-14-28)34(32,33)23-12-11-20-9-6-10-22(20)18-23/h3-5,7-8,11-12,18-19,25H,6,9-10,13-17H2,1-2H3,(H,27,30). The van der Waals surface area contributed by atoms with Gasteiger partial charge in [0.1, 0.15) is 6.04 Å². The van der Waals surface area contributed by atoms with E-state index in [0.717, 1.165) is 30.4 Å². The number of nitrogens with one attached hydrogen (secondary N) is 1. The smallest absolute Gasteiger partial charge is 0.249 e. The molecule has 1 heterocycles. The van der Waals surface area contributed by atoms with Gasteiger partial charge in [-0.05, 0) is 54.0 Å². The van der Waals surface area contributed by atoms with Gasteiger partial charge in [-0.3, -0.25) is 9.59 Å². The van der Waals surface area contributed by atoms with Gasteiger partial charge in [0.2, 0.25) is 21.8 Å². The molecule has 1 N–H and O–H groups in total. The zero-order chi connectivity index (χ0) is 24.3. The molecule has 7 nitrogen and oxygen atoms in total. The van der Waals surface area contributed by atoms with Crippen LogP contribution in [0.25, 0.3) is 0 Å². The number of hydrogen-bond donors (Lipinski definition) is 1. The maximum atomic E-state index is 13.4. The van der Waals surface area contributed by atoms with Gasteiger partial charge in [-0.15, -0.1) is 0 Å². The maximum Gasteiger partial charge on any atom is 0.249 e. The second-order valence-electron chi connectivity index (χ2n) is 9.52. The lowest BCUT2D eigenvalue weighted by atomic mass is 10.0. The summed E-state index contributed by atoms with van der Waals surface area (Å²) in [7, 11) is -3.61. The predicted molar refractivity (Wildman–Crippen MR) is 131 cm³/mol. The molecule has 1 aliphatic heterocycles. The summed E-state index contributed by atoms with van der Waals surface area (Å²) < 4.78 is 27.9. The Morgan fingerprint density at radius 2 is 1.62 bits per heavy atom. The molecule has 1 saturated heterocycles. The van der Waals surface area contributed by atoms with Crippen LogP contribution in [0, 0.1) is 5.92 Å². The third-order valence-electron chi connectivity index (χ3n) is 6.54. The quantitative estimate of drug-likeness (QED) is 0.656. The van der Waals surface area contributed by atoms with Crippen LogP contribution in [0.1, 0.15) is 49.4 Å². The van der Waals surface area contributed by atoms with Crippen LogP contribution in [0.4, 0.5) is 0 Å². The van der Waals surface area contributed by atoms with Crippen molar-refractivity contribution in [3.63, 3.8) is 0 Å². The number of rotatable bonds is 7. The van der Waals surface area contributed by atoms with E-state index in [-0.39, 0.29) is 43.9 Å². The van der Waals surface area contributed by atoms with E-state index in [1.54, 1.807) is 11.0 Å². The van der Waals surface area contributed by atoms with Gasteiger partial charge >= 0.3 is 0 Å². The molecule has 1 aliphatic carbocycles. The van der Waals surface area contributed by atoms with Gasteiger partial charge < -0.3 is 10.2 Å². The van der Waals surface area contributed by atoms with Crippen molar-refractivity contribution in [3.05, 3.63) is 65.2 Å². The first-order chi connectivity index (χ1) is 16.3. The molecule has 34 heavy (non-hydrogen) atoms. The number of sulfonamides is 1. The molecule has 2 aromatic rings.